The Hall–Kier alpha value is -1.88. The molecule has 1 rings (SSSR count). The summed E-state index contributed by atoms with van der Waals surface area (Å²) in [7, 11) is 1.43. The zero-order valence-electron chi connectivity index (χ0n) is 10.8. The molecule has 0 heterocycles. The van der Waals surface area contributed by atoms with Crippen molar-refractivity contribution in [1.29, 1.82) is 0 Å². The van der Waals surface area contributed by atoms with Crippen molar-refractivity contribution in [2.75, 3.05) is 12.8 Å². The van der Waals surface area contributed by atoms with E-state index in [2.05, 4.69) is 5.32 Å². The van der Waals surface area contributed by atoms with E-state index in [1.165, 1.54) is 7.11 Å². The zero-order valence-corrected chi connectivity index (χ0v) is 10.8. The van der Waals surface area contributed by atoms with Gasteiger partial charge in [-0.1, -0.05) is 19.1 Å². The Morgan fingerprint density at radius 3 is 2.50 bits per heavy atom. The van der Waals surface area contributed by atoms with Gasteiger partial charge in [0.25, 0.3) is 11.8 Å². The Kier molecular flexibility index (Phi) is 4.44. The quantitative estimate of drug-likeness (QED) is 0.790. The third kappa shape index (κ3) is 2.87. The number of hydrogen-bond donors (Lipinski definition) is 2. The molecule has 0 spiro atoms. The smallest absolute Gasteiger partial charge is 0.260 e. The third-order valence-corrected chi connectivity index (χ3v) is 3.04. The molecule has 5 nitrogen and oxygen atoms in total. The van der Waals surface area contributed by atoms with Gasteiger partial charge >= 0.3 is 0 Å². The van der Waals surface area contributed by atoms with E-state index in [1.54, 1.807) is 31.2 Å². The molecule has 0 aromatic heterocycles. The minimum absolute atomic E-state index is 0.278. The van der Waals surface area contributed by atoms with Crippen LogP contribution in [0.15, 0.2) is 24.3 Å². The summed E-state index contributed by atoms with van der Waals surface area (Å²) in [6, 6.07) is 6.58. The number of amides is 2. The number of ether oxygens (including phenoxy) is 1. The molecule has 0 bridgehead atoms. The van der Waals surface area contributed by atoms with Crippen LogP contribution in [0, 0.1) is 0 Å². The average Bonchev–Trinajstić information content (AvgIpc) is 2.38. The van der Waals surface area contributed by atoms with Crippen LogP contribution in [0.5, 0.6) is 0 Å². The number of para-hydroxylation sites is 1. The Morgan fingerprint density at radius 2 is 2.00 bits per heavy atom. The van der Waals surface area contributed by atoms with Gasteiger partial charge in [0.05, 0.1) is 5.56 Å². The summed E-state index contributed by atoms with van der Waals surface area (Å²) in [5, 5.41) is 2.30. The van der Waals surface area contributed by atoms with Crippen LogP contribution >= 0.6 is 0 Å². The number of carbonyl (C=O) groups excluding carboxylic acids is 2. The molecule has 3 N–H and O–H groups in total. The number of nitrogens with two attached hydrogens (primary N) is 1. The third-order valence-electron chi connectivity index (χ3n) is 3.04. The van der Waals surface area contributed by atoms with Gasteiger partial charge in [0.2, 0.25) is 0 Å². The molecule has 0 aliphatic heterocycles. The molecule has 1 aromatic carbocycles. The fourth-order valence-corrected chi connectivity index (χ4v) is 1.40. The van der Waals surface area contributed by atoms with Gasteiger partial charge in [-0.05, 0) is 25.5 Å². The number of methoxy groups -OCH3 is 1. The van der Waals surface area contributed by atoms with Gasteiger partial charge in [-0.25, -0.2) is 0 Å². The molecule has 0 aliphatic carbocycles. The van der Waals surface area contributed by atoms with Gasteiger partial charge < -0.3 is 10.5 Å². The van der Waals surface area contributed by atoms with E-state index in [-0.39, 0.29) is 5.56 Å². The van der Waals surface area contributed by atoms with E-state index in [0.29, 0.717) is 12.1 Å². The molecule has 5 heteroatoms. The Labute approximate surface area is 106 Å². The summed E-state index contributed by atoms with van der Waals surface area (Å²) >= 11 is 0. The molecule has 2 amide bonds. The van der Waals surface area contributed by atoms with Gasteiger partial charge in [0.15, 0.2) is 0 Å². The number of anilines is 1. The van der Waals surface area contributed by atoms with Crippen molar-refractivity contribution in [1.82, 2.24) is 5.32 Å². The summed E-state index contributed by atoms with van der Waals surface area (Å²) in [6.07, 6.45) is 0.465. The van der Waals surface area contributed by atoms with Crippen molar-refractivity contribution in [3.63, 3.8) is 0 Å². The molecule has 0 saturated carbocycles. The zero-order chi connectivity index (χ0) is 13.8. The number of benzene rings is 1. The second-order valence-electron chi connectivity index (χ2n) is 4.16. The van der Waals surface area contributed by atoms with E-state index in [4.69, 9.17) is 10.5 Å². The summed E-state index contributed by atoms with van der Waals surface area (Å²) in [4.78, 5) is 23.8. The summed E-state index contributed by atoms with van der Waals surface area (Å²) in [5.74, 6) is -0.990. The molecule has 0 aliphatic rings. The normalized spacial score (nSPS) is 13.7. The Bertz CT molecular complexity index is 453. The van der Waals surface area contributed by atoms with Crippen molar-refractivity contribution in [3.8, 4) is 0 Å². The molecular weight excluding hydrogens is 232 g/mol. The lowest BCUT2D eigenvalue weighted by molar-refractivity contribution is -0.140. The summed E-state index contributed by atoms with van der Waals surface area (Å²) < 4.78 is 5.12. The number of nitrogen functional groups attached to an aromatic ring is 1. The van der Waals surface area contributed by atoms with Crippen LogP contribution in [0.3, 0.4) is 0 Å². The fourth-order valence-electron chi connectivity index (χ4n) is 1.40. The largest absolute Gasteiger partial charge is 0.398 e. The van der Waals surface area contributed by atoms with Gasteiger partial charge in [-0.15, -0.1) is 0 Å². The maximum absolute atomic E-state index is 11.9. The first-order chi connectivity index (χ1) is 8.44. The number of hydrogen-bond acceptors (Lipinski definition) is 4. The van der Waals surface area contributed by atoms with Crippen molar-refractivity contribution in [3.05, 3.63) is 29.8 Å². The Morgan fingerprint density at radius 1 is 1.39 bits per heavy atom. The predicted octanol–water partition coefficient (Wildman–Crippen LogP) is 1.34. The van der Waals surface area contributed by atoms with E-state index in [1.807, 2.05) is 6.92 Å². The topological polar surface area (TPSA) is 81.4 Å². The monoisotopic (exact) mass is 250 g/mol. The van der Waals surface area contributed by atoms with Crippen LogP contribution in [0.25, 0.3) is 0 Å². The molecule has 1 unspecified atom stereocenters. The van der Waals surface area contributed by atoms with Crippen molar-refractivity contribution in [2.24, 2.45) is 0 Å². The first kappa shape index (κ1) is 14.2. The molecule has 0 saturated heterocycles. The SMILES string of the molecule is CCC(C)(OC)C(=O)NC(=O)c1ccccc1N. The highest BCUT2D eigenvalue weighted by Crippen LogP contribution is 2.15. The minimum atomic E-state index is -1.01. The lowest BCUT2D eigenvalue weighted by Crippen LogP contribution is -2.47. The molecule has 0 fully saturated rings. The number of rotatable bonds is 4. The number of carbonyl (C=O) groups is 2. The first-order valence-electron chi connectivity index (χ1n) is 5.70. The van der Waals surface area contributed by atoms with Crippen LogP contribution < -0.4 is 11.1 Å². The Balaban J connectivity index is 2.84. The average molecular weight is 250 g/mol. The maximum Gasteiger partial charge on any atom is 0.260 e. The van der Waals surface area contributed by atoms with Gasteiger partial charge in [-0.3, -0.25) is 14.9 Å². The lowest BCUT2D eigenvalue weighted by atomic mass is 10.0. The van der Waals surface area contributed by atoms with E-state index >= 15 is 0 Å². The van der Waals surface area contributed by atoms with Crippen LogP contribution in [-0.2, 0) is 9.53 Å². The van der Waals surface area contributed by atoms with E-state index in [0.717, 1.165) is 0 Å². The first-order valence-corrected chi connectivity index (χ1v) is 5.70. The van der Waals surface area contributed by atoms with Crippen LogP contribution in [0.1, 0.15) is 30.6 Å². The molecular formula is C13H18N2O3. The van der Waals surface area contributed by atoms with Gasteiger partial charge in [0.1, 0.15) is 5.60 Å². The molecule has 98 valence electrons. The van der Waals surface area contributed by atoms with Crippen LogP contribution in [0.4, 0.5) is 5.69 Å². The molecule has 0 radical (unpaired) electrons. The highest BCUT2D eigenvalue weighted by Gasteiger charge is 2.32. The standard InChI is InChI=1S/C13H18N2O3/c1-4-13(2,18-3)12(17)15-11(16)9-7-5-6-8-10(9)14/h5-8H,4,14H2,1-3H3,(H,15,16,17). The fraction of sp³-hybridized carbons (Fsp3) is 0.385. The predicted molar refractivity (Wildman–Crippen MR) is 69.0 cm³/mol. The van der Waals surface area contributed by atoms with Crippen molar-refractivity contribution >= 4 is 17.5 Å². The van der Waals surface area contributed by atoms with Crippen LogP contribution in [-0.4, -0.2) is 24.5 Å². The van der Waals surface area contributed by atoms with E-state index < -0.39 is 17.4 Å². The van der Waals surface area contributed by atoms with Crippen LogP contribution in [0.2, 0.25) is 0 Å². The second-order valence-corrected chi connectivity index (χ2v) is 4.16. The summed E-state index contributed by atoms with van der Waals surface area (Å²) in [6.45, 7) is 3.44. The summed E-state index contributed by atoms with van der Waals surface area (Å²) in [5.41, 5.74) is 5.26. The lowest BCUT2D eigenvalue weighted by Gasteiger charge is -2.24. The minimum Gasteiger partial charge on any atom is -0.398 e. The number of nitrogens with one attached hydrogen (secondary N) is 1. The second kappa shape index (κ2) is 5.64. The van der Waals surface area contributed by atoms with E-state index in [9.17, 15) is 9.59 Å². The van der Waals surface area contributed by atoms with Crippen molar-refractivity contribution in [2.45, 2.75) is 25.9 Å². The molecule has 1 atom stereocenters. The molecule has 18 heavy (non-hydrogen) atoms. The highest BCUT2D eigenvalue weighted by atomic mass is 16.5. The maximum atomic E-state index is 11.9. The van der Waals surface area contributed by atoms with Gasteiger partial charge in [-0.2, -0.15) is 0 Å². The number of imide groups is 1. The highest BCUT2D eigenvalue weighted by molar-refractivity contribution is 6.09. The molecule has 1 aromatic rings. The van der Waals surface area contributed by atoms with Crippen molar-refractivity contribution < 1.29 is 14.3 Å². The van der Waals surface area contributed by atoms with Gasteiger partial charge in [0, 0.05) is 12.8 Å².